The molecule has 1 aliphatic heterocycles. The van der Waals surface area contributed by atoms with E-state index in [9.17, 15) is 18.0 Å². The second kappa shape index (κ2) is 7.04. The lowest BCUT2D eigenvalue weighted by molar-refractivity contribution is 0.0746. The number of anilines is 1. The molecule has 2 aromatic rings. The van der Waals surface area contributed by atoms with Gasteiger partial charge >= 0.3 is 0 Å². The fourth-order valence-electron chi connectivity index (χ4n) is 2.83. The number of ether oxygens (including phenoxy) is 1. The van der Waals surface area contributed by atoms with Crippen molar-refractivity contribution in [2.24, 2.45) is 0 Å². The molecule has 0 N–H and O–H groups in total. The SMILES string of the molecule is COc1ccc(C(=O)N2CCN(c3ccc(F)c(F)c3F)CC2)cc1. The standard InChI is InChI=1S/C18H17F3N2O2/c1-25-13-4-2-12(3-5-13)18(24)23-10-8-22(9-11-23)15-7-6-14(19)16(20)17(15)21/h2-7H,8-11H2,1H3. The minimum atomic E-state index is -1.48. The number of benzene rings is 2. The molecule has 0 unspecified atom stereocenters. The molecule has 1 aliphatic rings. The van der Waals surface area contributed by atoms with Gasteiger partial charge in [-0.15, -0.1) is 0 Å². The first-order valence-electron chi connectivity index (χ1n) is 7.83. The molecule has 0 aliphatic carbocycles. The van der Waals surface area contributed by atoms with Crippen molar-refractivity contribution < 1.29 is 22.7 Å². The number of amides is 1. The van der Waals surface area contributed by atoms with Crippen LogP contribution in [0, 0.1) is 17.5 Å². The molecule has 7 heteroatoms. The summed E-state index contributed by atoms with van der Waals surface area (Å²) in [5.74, 6) is -3.36. The zero-order valence-corrected chi connectivity index (χ0v) is 13.6. The predicted molar refractivity (Wildman–Crippen MR) is 87.4 cm³/mol. The van der Waals surface area contributed by atoms with E-state index in [0.717, 1.165) is 6.07 Å². The third kappa shape index (κ3) is 3.40. The van der Waals surface area contributed by atoms with Gasteiger partial charge in [0.15, 0.2) is 17.5 Å². The zero-order chi connectivity index (χ0) is 18.0. The van der Waals surface area contributed by atoms with Crippen LogP contribution < -0.4 is 9.64 Å². The predicted octanol–water partition coefficient (Wildman–Crippen LogP) is 3.07. The average molecular weight is 350 g/mol. The van der Waals surface area contributed by atoms with E-state index in [4.69, 9.17) is 4.74 Å². The fourth-order valence-corrected chi connectivity index (χ4v) is 2.83. The Morgan fingerprint density at radius 3 is 2.16 bits per heavy atom. The fraction of sp³-hybridized carbons (Fsp3) is 0.278. The summed E-state index contributed by atoms with van der Waals surface area (Å²) in [6, 6.07) is 8.91. The highest BCUT2D eigenvalue weighted by Crippen LogP contribution is 2.25. The highest BCUT2D eigenvalue weighted by atomic mass is 19.2. The summed E-state index contributed by atoms with van der Waals surface area (Å²) in [6.45, 7) is 1.40. The first-order chi connectivity index (χ1) is 12.0. The zero-order valence-electron chi connectivity index (χ0n) is 13.6. The van der Waals surface area contributed by atoms with E-state index in [2.05, 4.69) is 0 Å². The van der Waals surface area contributed by atoms with Crippen LogP contribution in [0.25, 0.3) is 0 Å². The molecule has 1 amide bonds. The molecule has 25 heavy (non-hydrogen) atoms. The molecular formula is C18H17F3N2O2. The number of hydrogen-bond acceptors (Lipinski definition) is 3. The Morgan fingerprint density at radius 2 is 1.56 bits per heavy atom. The van der Waals surface area contributed by atoms with Crippen LogP contribution >= 0.6 is 0 Å². The number of carbonyl (C=O) groups excluding carboxylic acids is 1. The number of piperazine rings is 1. The number of methoxy groups -OCH3 is 1. The quantitative estimate of drug-likeness (QED) is 0.798. The molecule has 0 spiro atoms. The van der Waals surface area contributed by atoms with Crippen molar-refractivity contribution >= 4 is 11.6 Å². The van der Waals surface area contributed by atoms with Crippen LogP contribution in [0.4, 0.5) is 18.9 Å². The van der Waals surface area contributed by atoms with E-state index < -0.39 is 17.5 Å². The maximum Gasteiger partial charge on any atom is 0.253 e. The number of rotatable bonds is 3. The van der Waals surface area contributed by atoms with Gasteiger partial charge in [-0.2, -0.15) is 0 Å². The van der Waals surface area contributed by atoms with Gasteiger partial charge in [0.25, 0.3) is 5.91 Å². The van der Waals surface area contributed by atoms with Gasteiger partial charge in [-0.1, -0.05) is 0 Å². The number of nitrogens with zero attached hydrogens (tertiary/aromatic N) is 2. The van der Waals surface area contributed by atoms with E-state index in [0.29, 0.717) is 37.5 Å². The molecule has 132 valence electrons. The van der Waals surface area contributed by atoms with Gasteiger partial charge in [0.2, 0.25) is 0 Å². The van der Waals surface area contributed by atoms with E-state index in [1.807, 2.05) is 0 Å². The Hall–Kier alpha value is -2.70. The first-order valence-corrected chi connectivity index (χ1v) is 7.83. The minimum absolute atomic E-state index is 0.00967. The van der Waals surface area contributed by atoms with Crippen molar-refractivity contribution in [2.75, 3.05) is 38.2 Å². The van der Waals surface area contributed by atoms with Crippen LogP contribution in [0.2, 0.25) is 0 Å². The maximum absolute atomic E-state index is 13.9. The Bertz CT molecular complexity index is 773. The van der Waals surface area contributed by atoms with Gasteiger partial charge in [-0.3, -0.25) is 4.79 Å². The van der Waals surface area contributed by atoms with Gasteiger partial charge in [-0.25, -0.2) is 13.2 Å². The lowest BCUT2D eigenvalue weighted by Crippen LogP contribution is -2.49. The molecule has 0 aromatic heterocycles. The van der Waals surface area contributed by atoms with Gasteiger partial charge < -0.3 is 14.5 Å². The average Bonchev–Trinajstić information content (AvgIpc) is 2.66. The lowest BCUT2D eigenvalue weighted by Gasteiger charge is -2.36. The molecular weight excluding hydrogens is 333 g/mol. The summed E-state index contributed by atoms with van der Waals surface area (Å²) < 4.78 is 45.4. The second-order valence-electron chi connectivity index (χ2n) is 5.70. The van der Waals surface area contributed by atoms with Gasteiger partial charge in [0, 0.05) is 31.7 Å². The summed E-state index contributed by atoms with van der Waals surface area (Å²) in [7, 11) is 1.55. The van der Waals surface area contributed by atoms with E-state index in [1.165, 1.54) is 6.07 Å². The molecule has 2 aromatic carbocycles. The van der Waals surface area contributed by atoms with Crippen molar-refractivity contribution in [3.63, 3.8) is 0 Å². The van der Waals surface area contributed by atoms with Crippen LogP contribution in [0.1, 0.15) is 10.4 Å². The van der Waals surface area contributed by atoms with Crippen molar-refractivity contribution in [1.82, 2.24) is 4.90 Å². The summed E-state index contributed by atoms with van der Waals surface area (Å²) in [6.07, 6.45) is 0. The number of carbonyl (C=O) groups is 1. The van der Waals surface area contributed by atoms with Crippen LogP contribution in [-0.4, -0.2) is 44.1 Å². The monoisotopic (exact) mass is 350 g/mol. The van der Waals surface area contributed by atoms with Crippen molar-refractivity contribution in [1.29, 1.82) is 0 Å². The summed E-state index contributed by atoms with van der Waals surface area (Å²) in [5.41, 5.74) is 0.545. The Labute approximate surface area is 143 Å². The lowest BCUT2D eigenvalue weighted by atomic mass is 10.1. The van der Waals surface area contributed by atoms with E-state index in [1.54, 1.807) is 41.2 Å². The maximum atomic E-state index is 13.9. The third-order valence-electron chi connectivity index (χ3n) is 4.26. The highest BCUT2D eigenvalue weighted by Gasteiger charge is 2.25. The van der Waals surface area contributed by atoms with Gasteiger partial charge in [-0.05, 0) is 36.4 Å². The smallest absolute Gasteiger partial charge is 0.253 e. The summed E-state index contributed by atoms with van der Waals surface area (Å²) in [5, 5.41) is 0. The highest BCUT2D eigenvalue weighted by molar-refractivity contribution is 5.94. The minimum Gasteiger partial charge on any atom is -0.497 e. The Balaban J connectivity index is 1.67. The van der Waals surface area contributed by atoms with Crippen molar-refractivity contribution in [3.8, 4) is 5.75 Å². The topological polar surface area (TPSA) is 32.8 Å². The molecule has 1 saturated heterocycles. The number of halogens is 3. The number of hydrogen-bond donors (Lipinski definition) is 0. The molecule has 4 nitrogen and oxygen atoms in total. The molecule has 1 heterocycles. The Morgan fingerprint density at radius 1 is 0.920 bits per heavy atom. The van der Waals surface area contributed by atoms with Crippen LogP contribution in [-0.2, 0) is 0 Å². The van der Waals surface area contributed by atoms with E-state index >= 15 is 0 Å². The molecule has 1 fully saturated rings. The summed E-state index contributed by atoms with van der Waals surface area (Å²) >= 11 is 0. The Kier molecular flexibility index (Phi) is 4.83. The van der Waals surface area contributed by atoms with Crippen LogP contribution in [0.3, 0.4) is 0 Å². The normalized spacial score (nSPS) is 14.6. The van der Waals surface area contributed by atoms with Crippen LogP contribution in [0.5, 0.6) is 5.75 Å². The molecule has 0 radical (unpaired) electrons. The second-order valence-corrected chi connectivity index (χ2v) is 5.70. The largest absolute Gasteiger partial charge is 0.497 e. The molecule has 0 atom stereocenters. The van der Waals surface area contributed by atoms with Crippen molar-refractivity contribution in [2.45, 2.75) is 0 Å². The summed E-state index contributed by atoms with van der Waals surface area (Å²) in [4.78, 5) is 15.7. The van der Waals surface area contributed by atoms with Gasteiger partial charge in [0.05, 0.1) is 12.8 Å². The molecule has 0 bridgehead atoms. The first kappa shape index (κ1) is 17.1. The third-order valence-corrected chi connectivity index (χ3v) is 4.26. The van der Waals surface area contributed by atoms with Gasteiger partial charge in [0.1, 0.15) is 5.75 Å². The molecule has 3 rings (SSSR count). The van der Waals surface area contributed by atoms with E-state index in [-0.39, 0.29) is 11.6 Å². The van der Waals surface area contributed by atoms with Crippen molar-refractivity contribution in [3.05, 3.63) is 59.4 Å². The van der Waals surface area contributed by atoms with Crippen LogP contribution in [0.15, 0.2) is 36.4 Å². The molecule has 0 saturated carbocycles.